The first-order valence-corrected chi connectivity index (χ1v) is 5.89. The Labute approximate surface area is 98.8 Å². The van der Waals surface area contributed by atoms with Gasteiger partial charge >= 0.3 is 5.97 Å². The van der Waals surface area contributed by atoms with Gasteiger partial charge in [-0.3, -0.25) is 0 Å². The normalized spacial score (nSPS) is 10.1. The smallest absolute Gasteiger partial charge is 0.339 e. The highest BCUT2D eigenvalue weighted by molar-refractivity contribution is 7.99. The molecule has 5 heteroatoms. The fourth-order valence-electron chi connectivity index (χ4n) is 1.23. The lowest BCUT2D eigenvalue weighted by molar-refractivity contribution is 0.0597. The number of esters is 1. The van der Waals surface area contributed by atoms with Gasteiger partial charge in [0, 0.05) is 22.9 Å². The van der Waals surface area contributed by atoms with E-state index in [1.165, 1.54) is 18.9 Å². The lowest BCUT2D eigenvalue weighted by Crippen LogP contribution is -2.05. The van der Waals surface area contributed by atoms with Gasteiger partial charge in [0.05, 0.1) is 12.7 Å². The van der Waals surface area contributed by atoms with Crippen molar-refractivity contribution in [1.82, 2.24) is 0 Å². The Morgan fingerprint density at radius 3 is 2.94 bits per heavy atom. The van der Waals surface area contributed by atoms with Crippen LogP contribution in [0.1, 0.15) is 16.8 Å². The van der Waals surface area contributed by atoms with E-state index in [2.05, 4.69) is 4.74 Å². The molecule has 0 amide bonds. The second-order valence-electron chi connectivity index (χ2n) is 3.14. The van der Waals surface area contributed by atoms with Gasteiger partial charge in [-0.15, -0.1) is 11.8 Å². The summed E-state index contributed by atoms with van der Waals surface area (Å²) < 4.78 is 4.68. The Hall–Kier alpha value is -1.20. The minimum absolute atomic E-state index is 0.132. The van der Waals surface area contributed by atoms with Gasteiger partial charge in [0.1, 0.15) is 0 Å². The molecule has 0 aromatic heterocycles. The number of nitrogens with two attached hydrogens (primary N) is 1. The number of benzene rings is 1. The number of aliphatic hydroxyl groups excluding tert-OH is 1. The molecule has 0 saturated carbocycles. The van der Waals surface area contributed by atoms with Crippen LogP contribution in [0.2, 0.25) is 0 Å². The zero-order chi connectivity index (χ0) is 12.0. The second kappa shape index (κ2) is 6.40. The molecule has 3 N–H and O–H groups in total. The molecule has 0 aliphatic heterocycles. The third-order valence-electron chi connectivity index (χ3n) is 2.00. The van der Waals surface area contributed by atoms with E-state index in [0.717, 1.165) is 4.90 Å². The third-order valence-corrected chi connectivity index (χ3v) is 3.24. The number of ether oxygens (including phenoxy) is 1. The summed E-state index contributed by atoms with van der Waals surface area (Å²) in [7, 11) is 1.34. The lowest BCUT2D eigenvalue weighted by atomic mass is 10.2. The van der Waals surface area contributed by atoms with Crippen LogP contribution in [0.15, 0.2) is 23.1 Å². The van der Waals surface area contributed by atoms with Gasteiger partial charge in [0.15, 0.2) is 0 Å². The van der Waals surface area contributed by atoms with Gasteiger partial charge in [-0.2, -0.15) is 0 Å². The van der Waals surface area contributed by atoms with E-state index in [9.17, 15) is 4.79 Å². The summed E-state index contributed by atoms with van der Waals surface area (Å²) in [4.78, 5) is 12.2. The molecule has 0 bridgehead atoms. The number of aliphatic hydroxyl groups is 1. The van der Waals surface area contributed by atoms with Crippen molar-refractivity contribution < 1.29 is 14.6 Å². The highest BCUT2D eigenvalue weighted by Gasteiger charge is 2.14. The molecule has 16 heavy (non-hydrogen) atoms. The van der Waals surface area contributed by atoms with Crippen molar-refractivity contribution in [2.75, 3.05) is 25.2 Å². The van der Waals surface area contributed by atoms with Gasteiger partial charge < -0.3 is 15.6 Å². The fraction of sp³-hybridized carbons (Fsp3) is 0.364. The van der Waals surface area contributed by atoms with Gasteiger partial charge in [-0.1, -0.05) is 6.07 Å². The minimum Gasteiger partial charge on any atom is -0.465 e. The second-order valence-corrected chi connectivity index (χ2v) is 4.25. The molecule has 0 heterocycles. The maximum Gasteiger partial charge on any atom is 0.339 e. The average Bonchev–Trinajstić information content (AvgIpc) is 2.30. The van der Waals surface area contributed by atoms with Crippen molar-refractivity contribution in [2.24, 2.45) is 0 Å². The summed E-state index contributed by atoms with van der Waals surface area (Å²) in [6.45, 7) is 0.132. The van der Waals surface area contributed by atoms with E-state index >= 15 is 0 Å². The zero-order valence-electron chi connectivity index (χ0n) is 9.10. The summed E-state index contributed by atoms with van der Waals surface area (Å²) in [6.07, 6.45) is 0.666. The number of methoxy groups -OCH3 is 1. The van der Waals surface area contributed by atoms with Crippen LogP contribution < -0.4 is 5.73 Å². The molecular formula is C11H15NO3S. The number of hydrogen-bond donors (Lipinski definition) is 2. The van der Waals surface area contributed by atoms with Crippen LogP contribution in [0.25, 0.3) is 0 Å². The first kappa shape index (κ1) is 12.9. The number of carbonyl (C=O) groups is 1. The van der Waals surface area contributed by atoms with Crippen molar-refractivity contribution in [3.63, 3.8) is 0 Å². The van der Waals surface area contributed by atoms with Crippen LogP contribution in [-0.2, 0) is 4.74 Å². The van der Waals surface area contributed by atoms with Crippen molar-refractivity contribution in [3.05, 3.63) is 23.8 Å². The molecule has 1 rings (SSSR count). The standard InChI is InChI=1S/C11H15NO3S/c1-15-11(14)8-4-2-5-9(12)10(8)16-7-3-6-13/h2,4-5,13H,3,6-7,12H2,1H3. The first-order chi connectivity index (χ1) is 7.70. The Balaban J connectivity index is 2.90. The summed E-state index contributed by atoms with van der Waals surface area (Å²) in [6, 6.07) is 5.15. The van der Waals surface area contributed by atoms with Crippen LogP contribution in [0, 0.1) is 0 Å². The molecule has 0 aliphatic carbocycles. The lowest BCUT2D eigenvalue weighted by Gasteiger charge is -2.09. The van der Waals surface area contributed by atoms with Crippen molar-refractivity contribution in [2.45, 2.75) is 11.3 Å². The summed E-state index contributed by atoms with van der Waals surface area (Å²) >= 11 is 1.46. The highest BCUT2D eigenvalue weighted by atomic mass is 32.2. The summed E-state index contributed by atoms with van der Waals surface area (Å²) in [5, 5.41) is 8.70. The Morgan fingerprint density at radius 1 is 1.56 bits per heavy atom. The maximum absolute atomic E-state index is 11.5. The molecule has 1 aromatic carbocycles. The van der Waals surface area contributed by atoms with Crippen molar-refractivity contribution >= 4 is 23.4 Å². The fourth-order valence-corrected chi connectivity index (χ4v) is 2.24. The number of nitrogen functional groups attached to an aromatic ring is 1. The van der Waals surface area contributed by atoms with E-state index in [-0.39, 0.29) is 6.61 Å². The van der Waals surface area contributed by atoms with Gasteiger partial charge in [0.2, 0.25) is 0 Å². The number of hydrogen-bond acceptors (Lipinski definition) is 5. The third kappa shape index (κ3) is 3.15. The summed E-state index contributed by atoms with van der Waals surface area (Å²) in [5.41, 5.74) is 6.84. The van der Waals surface area contributed by atoms with Crippen molar-refractivity contribution in [1.29, 1.82) is 0 Å². The number of thioether (sulfide) groups is 1. The van der Waals surface area contributed by atoms with E-state index in [1.54, 1.807) is 18.2 Å². The van der Waals surface area contributed by atoms with Crippen LogP contribution in [-0.4, -0.2) is 30.5 Å². The molecule has 88 valence electrons. The Bertz CT molecular complexity index is 368. The Kier molecular flexibility index (Phi) is 5.14. The number of carbonyl (C=O) groups excluding carboxylic acids is 1. The average molecular weight is 241 g/mol. The van der Waals surface area contributed by atoms with Gasteiger partial charge in [-0.05, 0) is 18.6 Å². The van der Waals surface area contributed by atoms with Crippen LogP contribution in [0.3, 0.4) is 0 Å². The molecule has 4 nitrogen and oxygen atoms in total. The monoisotopic (exact) mass is 241 g/mol. The maximum atomic E-state index is 11.5. The van der Waals surface area contributed by atoms with Crippen LogP contribution in [0.4, 0.5) is 5.69 Å². The molecule has 0 atom stereocenters. The molecule has 0 spiro atoms. The molecular weight excluding hydrogens is 226 g/mol. The van der Waals surface area contributed by atoms with E-state index in [1.807, 2.05) is 0 Å². The molecule has 0 saturated heterocycles. The topological polar surface area (TPSA) is 72.5 Å². The first-order valence-electron chi connectivity index (χ1n) is 4.91. The zero-order valence-corrected chi connectivity index (χ0v) is 9.92. The molecule has 0 radical (unpaired) electrons. The molecule has 1 aromatic rings. The van der Waals surface area contributed by atoms with Gasteiger partial charge in [0.25, 0.3) is 0 Å². The largest absolute Gasteiger partial charge is 0.465 e. The van der Waals surface area contributed by atoms with Crippen LogP contribution in [0.5, 0.6) is 0 Å². The Morgan fingerprint density at radius 2 is 2.31 bits per heavy atom. The predicted molar refractivity (Wildman–Crippen MR) is 64.6 cm³/mol. The number of anilines is 1. The van der Waals surface area contributed by atoms with Crippen molar-refractivity contribution in [3.8, 4) is 0 Å². The molecule has 0 fully saturated rings. The predicted octanol–water partition coefficient (Wildman–Crippen LogP) is 1.53. The summed E-state index contributed by atoms with van der Waals surface area (Å²) in [5.74, 6) is 0.327. The highest BCUT2D eigenvalue weighted by Crippen LogP contribution is 2.29. The number of rotatable bonds is 5. The van der Waals surface area contributed by atoms with E-state index < -0.39 is 5.97 Å². The molecule has 0 unspecified atom stereocenters. The van der Waals surface area contributed by atoms with E-state index in [0.29, 0.717) is 23.4 Å². The molecule has 0 aliphatic rings. The SMILES string of the molecule is COC(=O)c1cccc(N)c1SCCCO. The minimum atomic E-state index is -0.390. The quantitative estimate of drug-likeness (QED) is 0.354. The van der Waals surface area contributed by atoms with Gasteiger partial charge in [-0.25, -0.2) is 4.79 Å². The van der Waals surface area contributed by atoms with Crippen LogP contribution >= 0.6 is 11.8 Å². The van der Waals surface area contributed by atoms with E-state index in [4.69, 9.17) is 10.8 Å².